The van der Waals surface area contributed by atoms with E-state index in [1.165, 1.54) is 7.11 Å². The van der Waals surface area contributed by atoms with Crippen LogP contribution >= 0.6 is 0 Å². The summed E-state index contributed by atoms with van der Waals surface area (Å²) in [6.07, 6.45) is 1.08. The van der Waals surface area contributed by atoms with Gasteiger partial charge in [-0.1, -0.05) is 42.5 Å². The van der Waals surface area contributed by atoms with Crippen LogP contribution in [0, 0.1) is 0 Å². The standard InChI is InChI=1S/C29H32O5/c1-29(2,3)34-27(28(30)31-4)24-14-13-23(33-19-20-9-6-5-7-10-20)18-25(24)21-12-15-26-22(17-21)11-8-16-32-26/h5-7,9-10,12-15,17-18,27H,8,11,16,19H2,1-4H3. The maximum Gasteiger partial charge on any atom is 0.339 e. The number of esters is 1. The van der Waals surface area contributed by atoms with E-state index in [9.17, 15) is 4.79 Å². The highest BCUT2D eigenvalue weighted by molar-refractivity contribution is 5.82. The molecule has 1 unspecified atom stereocenters. The minimum Gasteiger partial charge on any atom is -0.493 e. The second kappa shape index (κ2) is 10.3. The van der Waals surface area contributed by atoms with Gasteiger partial charge < -0.3 is 18.9 Å². The SMILES string of the molecule is COC(=O)C(OC(C)(C)C)c1ccc(OCc2ccccc2)cc1-c1ccc2c(c1)CCCO2. The van der Waals surface area contributed by atoms with Gasteiger partial charge in [0.2, 0.25) is 0 Å². The van der Waals surface area contributed by atoms with E-state index in [1.54, 1.807) is 0 Å². The van der Waals surface area contributed by atoms with E-state index < -0.39 is 17.7 Å². The van der Waals surface area contributed by atoms with E-state index in [-0.39, 0.29) is 0 Å². The van der Waals surface area contributed by atoms with Gasteiger partial charge in [0.1, 0.15) is 18.1 Å². The van der Waals surface area contributed by atoms with Crippen molar-refractivity contribution < 1.29 is 23.7 Å². The molecule has 0 fully saturated rings. The number of hydrogen-bond donors (Lipinski definition) is 0. The van der Waals surface area contributed by atoms with E-state index in [2.05, 4.69) is 6.07 Å². The molecule has 0 saturated heterocycles. The van der Waals surface area contributed by atoms with Crippen LogP contribution in [0.5, 0.6) is 11.5 Å². The van der Waals surface area contributed by atoms with Crippen LogP contribution in [0.3, 0.4) is 0 Å². The normalized spacial score (nSPS) is 14.0. The van der Waals surface area contributed by atoms with Gasteiger partial charge in [-0.05, 0) is 80.1 Å². The van der Waals surface area contributed by atoms with Crippen molar-refractivity contribution >= 4 is 5.97 Å². The Morgan fingerprint density at radius 3 is 2.56 bits per heavy atom. The van der Waals surface area contributed by atoms with Crippen LogP contribution < -0.4 is 9.47 Å². The molecule has 0 amide bonds. The molecule has 1 heterocycles. The number of carbonyl (C=O) groups is 1. The third-order valence-electron chi connectivity index (χ3n) is 5.66. The van der Waals surface area contributed by atoms with Crippen LogP contribution in [-0.2, 0) is 27.3 Å². The van der Waals surface area contributed by atoms with Crippen molar-refractivity contribution in [3.63, 3.8) is 0 Å². The number of rotatable bonds is 7. The minimum atomic E-state index is -0.865. The maximum absolute atomic E-state index is 12.8. The van der Waals surface area contributed by atoms with E-state index in [0.29, 0.717) is 6.61 Å². The van der Waals surface area contributed by atoms with Crippen LogP contribution in [0.1, 0.15) is 50.0 Å². The molecule has 3 aromatic carbocycles. The number of fused-ring (bicyclic) bond motifs is 1. The highest BCUT2D eigenvalue weighted by Crippen LogP contribution is 2.38. The van der Waals surface area contributed by atoms with Crippen molar-refractivity contribution in [1.29, 1.82) is 0 Å². The van der Waals surface area contributed by atoms with Gasteiger partial charge in [-0.15, -0.1) is 0 Å². The summed E-state index contributed by atoms with van der Waals surface area (Å²) in [6.45, 7) is 6.98. The molecule has 34 heavy (non-hydrogen) atoms. The van der Waals surface area contributed by atoms with Crippen molar-refractivity contribution in [3.8, 4) is 22.6 Å². The number of ether oxygens (including phenoxy) is 4. The molecule has 1 aliphatic rings. The summed E-state index contributed by atoms with van der Waals surface area (Å²) in [5.74, 6) is 1.20. The predicted octanol–water partition coefficient (Wildman–Crippen LogP) is 6.29. The van der Waals surface area contributed by atoms with Gasteiger partial charge in [-0.3, -0.25) is 0 Å². The molecule has 3 aromatic rings. The third-order valence-corrected chi connectivity index (χ3v) is 5.66. The Morgan fingerprint density at radius 2 is 1.82 bits per heavy atom. The molecule has 5 heteroatoms. The van der Waals surface area contributed by atoms with Crippen LogP contribution in [0.15, 0.2) is 66.7 Å². The number of carbonyl (C=O) groups excluding carboxylic acids is 1. The molecule has 0 radical (unpaired) electrons. The summed E-state index contributed by atoms with van der Waals surface area (Å²) in [5, 5.41) is 0. The van der Waals surface area contributed by atoms with Crippen molar-refractivity contribution in [2.75, 3.05) is 13.7 Å². The van der Waals surface area contributed by atoms with Gasteiger partial charge in [0.15, 0.2) is 6.10 Å². The quantitative estimate of drug-likeness (QED) is 0.388. The van der Waals surface area contributed by atoms with Crippen molar-refractivity contribution in [3.05, 3.63) is 83.4 Å². The van der Waals surface area contributed by atoms with Gasteiger partial charge in [-0.2, -0.15) is 0 Å². The molecule has 1 atom stereocenters. The molecule has 178 valence electrons. The lowest BCUT2D eigenvalue weighted by atomic mass is 9.92. The zero-order valence-electron chi connectivity index (χ0n) is 20.3. The molecular formula is C29H32O5. The first-order valence-corrected chi connectivity index (χ1v) is 11.7. The van der Waals surface area contributed by atoms with Gasteiger partial charge in [0.25, 0.3) is 0 Å². The highest BCUT2D eigenvalue weighted by Gasteiger charge is 2.30. The number of methoxy groups -OCH3 is 1. The number of benzene rings is 3. The van der Waals surface area contributed by atoms with Crippen molar-refractivity contribution in [2.45, 2.75) is 51.9 Å². The second-order valence-electron chi connectivity index (χ2n) is 9.43. The van der Waals surface area contributed by atoms with Crippen LogP contribution in [-0.4, -0.2) is 25.3 Å². The summed E-state index contributed by atoms with van der Waals surface area (Å²) < 4.78 is 23.2. The lowest BCUT2D eigenvalue weighted by molar-refractivity contribution is -0.164. The molecule has 4 rings (SSSR count). The average Bonchev–Trinajstić information content (AvgIpc) is 2.85. The first-order valence-electron chi connectivity index (χ1n) is 11.7. The molecule has 0 aromatic heterocycles. The summed E-state index contributed by atoms with van der Waals surface area (Å²) >= 11 is 0. The summed E-state index contributed by atoms with van der Waals surface area (Å²) in [5.41, 5.74) is 4.31. The van der Waals surface area contributed by atoms with Crippen molar-refractivity contribution in [1.82, 2.24) is 0 Å². The molecule has 0 N–H and O–H groups in total. The average molecular weight is 461 g/mol. The monoisotopic (exact) mass is 460 g/mol. The maximum atomic E-state index is 12.8. The Labute approximate surface area is 201 Å². The Kier molecular flexibility index (Phi) is 7.23. The van der Waals surface area contributed by atoms with Gasteiger partial charge in [-0.25, -0.2) is 4.79 Å². The Balaban J connectivity index is 1.76. The van der Waals surface area contributed by atoms with Crippen LogP contribution in [0.2, 0.25) is 0 Å². The summed E-state index contributed by atoms with van der Waals surface area (Å²) in [7, 11) is 1.38. The Morgan fingerprint density at radius 1 is 1.03 bits per heavy atom. The van der Waals surface area contributed by atoms with E-state index in [1.807, 2.05) is 81.4 Å². The molecule has 0 spiro atoms. The first-order chi connectivity index (χ1) is 16.3. The third kappa shape index (κ3) is 5.78. The van der Waals surface area contributed by atoms with Gasteiger partial charge >= 0.3 is 5.97 Å². The van der Waals surface area contributed by atoms with Crippen molar-refractivity contribution in [2.24, 2.45) is 0 Å². The van der Waals surface area contributed by atoms with Gasteiger partial charge in [0.05, 0.1) is 19.3 Å². The fourth-order valence-corrected chi connectivity index (χ4v) is 4.07. The fraction of sp³-hybridized carbons (Fsp3) is 0.345. The minimum absolute atomic E-state index is 0.435. The lowest BCUT2D eigenvalue weighted by Crippen LogP contribution is -2.28. The largest absolute Gasteiger partial charge is 0.493 e. The topological polar surface area (TPSA) is 54.0 Å². The summed E-state index contributed by atoms with van der Waals surface area (Å²) in [4.78, 5) is 12.8. The molecular weight excluding hydrogens is 428 g/mol. The molecule has 1 aliphatic heterocycles. The first kappa shape index (κ1) is 23.8. The van der Waals surface area contributed by atoms with E-state index >= 15 is 0 Å². The lowest BCUT2D eigenvalue weighted by Gasteiger charge is -2.28. The van der Waals surface area contributed by atoms with Crippen LogP contribution in [0.4, 0.5) is 0 Å². The Hall–Kier alpha value is -3.31. The smallest absolute Gasteiger partial charge is 0.339 e. The number of hydrogen-bond acceptors (Lipinski definition) is 5. The number of aryl methyl sites for hydroxylation is 1. The zero-order chi connectivity index (χ0) is 24.1. The molecule has 0 saturated carbocycles. The van der Waals surface area contributed by atoms with E-state index in [0.717, 1.165) is 58.8 Å². The molecule has 0 bridgehead atoms. The fourth-order valence-electron chi connectivity index (χ4n) is 4.07. The van der Waals surface area contributed by atoms with Crippen LogP contribution in [0.25, 0.3) is 11.1 Å². The molecule has 5 nitrogen and oxygen atoms in total. The highest BCUT2D eigenvalue weighted by atomic mass is 16.6. The van der Waals surface area contributed by atoms with E-state index in [4.69, 9.17) is 18.9 Å². The predicted molar refractivity (Wildman–Crippen MR) is 132 cm³/mol. The zero-order valence-corrected chi connectivity index (χ0v) is 20.3. The van der Waals surface area contributed by atoms with Gasteiger partial charge in [0, 0.05) is 5.56 Å². The second-order valence-corrected chi connectivity index (χ2v) is 9.43. The molecule has 0 aliphatic carbocycles. The Bertz CT molecular complexity index is 1130. The summed E-state index contributed by atoms with van der Waals surface area (Å²) in [6, 6.07) is 22.0.